The number of nitrogens with one attached hydrogen (secondary N) is 2. The van der Waals surface area contributed by atoms with E-state index in [1.807, 2.05) is 18.8 Å². The Kier molecular flexibility index (Phi) is 4.66. The third-order valence-electron chi connectivity index (χ3n) is 2.69. The lowest BCUT2D eigenvalue weighted by atomic mass is 10.2. The van der Waals surface area contributed by atoms with Gasteiger partial charge in [0.05, 0.1) is 5.39 Å². The minimum Gasteiger partial charge on any atom is -0.367 e. The summed E-state index contributed by atoms with van der Waals surface area (Å²) >= 11 is 3.51. The van der Waals surface area contributed by atoms with Crippen LogP contribution >= 0.6 is 23.1 Å². The molecule has 4 nitrogen and oxygen atoms in total. The minimum absolute atomic E-state index is 0.417. The quantitative estimate of drug-likeness (QED) is 0.851. The maximum Gasteiger partial charge on any atom is 0.225 e. The van der Waals surface area contributed by atoms with Crippen LogP contribution in [0.1, 0.15) is 13.3 Å². The smallest absolute Gasteiger partial charge is 0.225 e. The highest BCUT2D eigenvalue weighted by molar-refractivity contribution is 7.98. The molecule has 2 aromatic heterocycles. The van der Waals surface area contributed by atoms with Crippen LogP contribution in [0.3, 0.4) is 0 Å². The summed E-state index contributed by atoms with van der Waals surface area (Å²) in [6, 6.07) is 2.49. The zero-order valence-electron chi connectivity index (χ0n) is 10.9. The molecule has 0 aliphatic rings. The Labute approximate surface area is 116 Å². The number of thiophene rings is 1. The van der Waals surface area contributed by atoms with Crippen molar-refractivity contribution in [3.8, 4) is 0 Å². The summed E-state index contributed by atoms with van der Waals surface area (Å²) in [6.45, 7) is 2.19. The molecule has 0 aromatic carbocycles. The molecule has 2 N–H and O–H groups in total. The molecule has 0 aliphatic heterocycles. The van der Waals surface area contributed by atoms with Crippen LogP contribution in [0.4, 0.5) is 11.8 Å². The molecule has 0 saturated carbocycles. The van der Waals surface area contributed by atoms with Crippen LogP contribution in [0.25, 0.3) is 10.2 Å². The number of hydrogen-bond donors (Lipinski definition) is 2. The molecule has 0 spiro atoms. The van der Waals surface area contributed by atoms with E-state index in [9.17, 15) is 0 Å². The highest BCUT2D eigenvalue weighted by atomic mass is 32.2. The fraction of sp³-hybridized carbons (Fsp3) is 0.500. The second-order valence-electron chi connectivity index (χ2n) is 4.11. The maximum atomic E-state index is 4.51. The summed E-state index contributed by atoms with van der Waals surface area (Å²) in [5.41, 5.74) is 0. The Bertz CT molecular complexity index is 512. The van der Waals surface area contributed by atoms with Crippen molar-refractivity contribution in [1.29, 1.82) is 0 Å². The average Bonchev–Trinajstić information content (AvgIpc) is 2.84. The van der Waals surface area contributed by atoms with Gasteiger partial charge < -0.3 is 10.6 Å². The van der Waals surface area contributed by atoms with E-state index in [1.54, 1.807) is 11.3 Å². The Balaban J connectivity index is 2.22. The average molecular weight is 282 g/mol. The third kappa shape index (κ3) is 3.05. The molecule has 1 atom stereocenters. The summed E-state index contributed by atoms with van der Waals surface area (Å²) in [7, 11) is 1.84. The molecule has 0 saturated heterocycles. The number of aromatic nitrogens is 2. The summed E-state index contributed by atoms with van der Waals surface area (Å²) in [6.07, 6.45) is 3.26. The first kappa shape index (κ1) is 13.4. The Morgan fingerprint density at radius 2 is 2.28 bits per heavy atom. The lowest BCUT2D eigenvalue weighted by Gasteiger charge is -2.15. The lowest BCUT2D eigenvalue weighted by molar-refractivity contribution is 0.768. The fourth-order valence-electron chi connectivity index (χ4n) is 1.68. The summed E-state index contributed by atoms with van der Waals surface area (Å²) in [5.74, 6) is 2.76. The Morgan fingerprint density at radius 1 is 1.44 bits per heavy atom. The molecule has 0 aliphatic carbocycles. The summed E-state index contributed by atoms with van der Waals surface area (Å²) in [4.78, 5) is 9.96. The molecule has 2 aromatic rings. The van der Waals surface area contributed by atoms with Gasteiger partial charge in [0, 0.05) is 13.1 Å². The van der Waals surface area contributed by atoms with Crippen LogP contribution < -0.4 is 10.6 Å². The van der Waals surface area contributed by atoms with E-state index in [2.05, 4.69) is 45.2 Å². The van der Waals surface area contributed by atoms with Gasteiger partial charge >= 0.3 is 0 Å². The molecule has 98 valence electrons. The molecule has 2 heterocycles. The van der Waals surface area contributed by atoms with Gasteiger partial charge in [0.2, 0.25) is 5.95 Å². The van der Waals surface area contributed by atoms with Crippen molar-refractivity contribution in [2.75, 3.05) is 29.7 Å². The zero-order valence-corrected chi connectivity index (χ0v) is 12.5. The number of thioether (sulfide) groups is 1. The van der Waals surface area contributed by atoms with E-state index >= 15 is 0 Å². The van der Waals surface area contributed by atoms with Crippen LogP contribution in [-0.2, 0) is 0 Å². The van der Waals surface area contributed by atoms with Gasteiger partial charge in [0.1, 0.15) is 10.6 Å². The largest absolute Gasteiger partial charge is 0.367 e. The topological polar surface area (TPSA) is 49.8 Å². The minimum atomic E-state index is 0.417. The maximum absolute atomic E-state index is 4.51. The molecule has 0 fully saturated rings. The molecule has 0 amide bonds. The van der Waals surface area contributed by atoms with Gasteiger partial charge in [-0.15, -0.1) is 11.3 Å². The summed E-state index contributed by atoms with van der Waals surface area (Å²) < 4.78 is 0. The van der Waals surface area contributed by atoms with Gasteiger partial charge in [0.25, 0.3) is 0 Å². The van der Waals surface area contributed by atoms with Gasteiger partial charge in [0.15, 0.2) is 0 Å². The lowest BCUT2D eigenvalue weighted by Crippen LogP contribution is -2.17. The van der Waals surface area contributed by atoms with Crippen molar-refractivity contribution >= 4 is 45.1 Å². The van der Waals surface area contributed by atoms with E-state index in [-0.39, 0.29) is 0 Å². The van der Waals surface area contributed by atoms with Crippen LogP contribution in [-0.4, -0.2) is 35.1 Å². The van der Waals surface area contributed by atoms with Gasteiger partial charge in [-0.25, -0.2) is 4.98 Å². The van der Waals surface area contributed by atoms with Crippen molar-refractivity contribution in [2.24, 2.45) is 0 Å². The van der Waals surface area contributed by atoms with Crippen LogP contribution in [0.2, 0.25) is 0 Å². The highest BCUT2D eigenvalue weighted by Gasteiger charge is 2.10. The van der Waals surface area contributed by atoms with Gasteiger partial charge in [-0.05, 0) is 36.8 Å². The molecular formula is C12H18N4S2. The fourth-order valence-corrected chi connectivity index (χ4v) is 3.03. The monoisotopic (exact) mass is 282 g/mol. The second-order valence-corrected chi connectivity index (χ2v) is 5.99. The number of rotatable bonds is 6. The van der Waals surface area contributed by atoms with Gasteiger partial charge in [-0.2, -0.15) is 16.7 Å². The number of anilines is 2. The van der Waals surface area contributed by atoms with Crippen molar-refractivity contribution in [3.63, 3.8) is 0 Å². The molecular weight excluding hydrogens is 264 g/mol. The van der Waals surface area contributed by atoms with Crippen LogP contribution in [0, 0.1) is 0 Å². The van der Waals surface area contributed by atoms with Gasteiger partial charge in [-0.3, -0.25) is 0 Å². The van der Waals surface area contributed by atoms with Crippen LogP contribution in [0.5, 0.6) is 0 Å². The number of nitrogens with zero attached hydrogens (tertiary/aromatic N) is 2. The van der Waals surface area contributed by atoms with E-state index in [1.165, 1.54) is 0 Å². The van der Waals surface area contributed by atoms with Crippen molar-refractivity contribution in [3.05, 3.63) is 11.4 Å². The first-order valence-corrected chi connectivity index (χ1v) is 8.20. The molecule has 18 heavy (non-hydrogen) atoms. The highest BCUT2D eigenvalue weighted by Crippen LogP contribution is 2.27. The van der Waals surface area contributed by atoms with Crippen LogP contribution in [0.15, 0.2) is 11.4 Å². The molecule has 0 radical (unpaired) electrons. The molecule has 6 heteroatoms. The predicted molar refractivity (Wildman–Crippen MR) is 83.0 cm³/mol. The predicted octanol–water partition coefficient (Wildman–Crippen LogP) is 3.29. The van der Waals surface area contributed by atoms with Gasteiger partial charge in [-0.1, -0.05) is 0 Å². The number of fused-ring (bicyclic) bond motifs is 1. The van der Waals surface area contributed by atoms with E-state index in [0.717, 1.165) is 28.2 Å². The standard InChI is InChI=1S/C12H18N4S2/c1-8(4-6-17-3)14-10-9-5-7-18-11(9)16-12(13-2)15-10/h5,7-8H,4,6H2,1-3H3,(H2,13,14,15,16). The summed E-state index contributed by atoms with van der Waals surface area (Å²) in [5, 5.41) is 9.65. The normalized spacial score (nSPS) is 12.6. The number of hydrogen-bond acceptors (Lipinski definition) is 6. The van der Waals surface area contributed by atoms with E-state index in [4.69, 9.17) is 0 Å². The van der Waals surface area contributed by atoms with Crippen molar-refractivity contribution in [2.45, 2.75) is 19.4 Å². The first-order valence-electron chi connectivity index (χ1n) is 5.93. The zero-order chi connectivity index (χ0) is 13.0. The third-order valence-corrected chi connectivity index (χ3v) is 4.14. The molecule has 1 unspecified atom stereocenters. The molecule has 2 rings (SSSR count). The molecule has 0 bridgehead atoms. The Morgan fingerprint density at radius 3 is 3.00 bits per heavy atom. The Hall–Kier alpha value is -1.01. The van der Waals surface area contributed by atoms with Crippen molar-refractivity contribution < 1.29 is 0 Å². The van der Waals surface area contributed by atoms with E-state index in [0.29, 0.717) is 12.0 Å². The first-order chi connectivity index (χ1) is 8.74. The van der Waals surface area contributed by atoms with Crippen molar-refractivity contribution in [1.82, 2.24) is 9.97 Å². The van der Waals surface area contributed by atoms with E-state index < -0.39 is 0 Å². The SMILES string of the molecule is CNc1nc(NC(C)CCSC)c2ccsc2n1. The second kappa shape index (κ2) is 6.24.